The quantitative estimate of drug-likeness (QED) is 0.678. The highest BCUT2D eigenvalue weighted by molar-refractivity contribution is 5.74. The van der Waals surface area contributed by atoms with Crippen LogP contribution in [-0.4, -0.2) is 35.5 Å². The monoisotopic (exact) mass is 369 g/mol. The van der Waals surface area contributed by atoms with E-state index in [0.717, 1.165) is 56.7 Å². The first-order valence-electron chi connectivity index (χ1n) is 11.1. The number of hydrogen-bond donors (Lipinski definition) is 1. The molecule has 0 saturated heterocycles. The second-order valence-electron chi connectivity index (χ2n) is 9.53. The molecule has 0 unspecified atom stereocenters. The standard InChI is InChI=1S/C23H35N3O/c1-2-10-26(22(27)25-7-3-4-18-5-8-24-9-6-18)17-23-14-19-11-20(15-23)13-21(12-19)16-23/h5-6,8-9,19-21H,2-4,7,10-17H2,1H3,(H,25,27). The molecule has 0 aromatic carbocycles. The lowest BCUT2D eigenvalue weighted by molar-refractivity contribution is -0.0638. The molecule has 0 spiro atoms. The average Bonchev–Trinajstić information content (AvgIpc) is 2.64. The first-order valence-corrected chi connectivity index (χ1v) is 11.1. The molecule has 2 amide bonds. The molecule has 4 aliphatic rings. The Hall–Kier alpha value is -1.58. The van der Waals surface area contributed by atoms with Crippen molar-refractivity contribution in [3.05, 3.63) is 30.1 Å². The molecule has 1 N–H and O–H groups in total. The highest BCUT2D eigenvalue weighted by Crippen LogP contribution is 2.60. The van der Waals surface area contributed by atoms with Gasteiger partial charge in [-0.05, 0) is 98.7 Å². The molecule has 1 aromatic rings. The van der Waals surface area contributed by atoms with Crippen molar-refractivity contribution in [3.63, 3.8) is 0 Å². The van der Waals surface area contributed by atoms with Gasteiger partial charge >= 0.3 is 6.03 Å². The van der Waals surface area contributed by atoms with Crippen molar-refractivity contribution in [2.75, 3.05) is 19.6 Å². The first-order chi connectivity index (χ1) is 13.2. The van der Waals surface area contributed by atoms with E-state index < -0.39 is 0 Å². The van der Waals surface area contributed by atoms with Crippen LogP contribution >= 0.6 is 0 Å². The fourth-order valence-corrected chi connectivity index (χ4v) is 6.56. The van der Waals surface area contributed by atoms with E-state index in [1.165, 1.54) is 44.1 Å². The highest BCUT2D eigenvalue weighted by atomic mass is 16.2. The summed E-state index contributed by atoms with van der Waals surface area (Å²) in [5.41, 5.74) is 1.72. The lowest BCUT2D eigenvalue weighted by Crippen LogP contribution is -2.53. The summed E-state index contributed by atoms with van der Waals surface area (Å²) in [6.45, 7) is 4.81. The molecule has 4 aliphatic carbocycles. The summed E-state index contributed by atoms with van der Waals surface area (Å²) in [5, 5.41) is 3.19. The van der Waals surface area contributed by atoms with Crippen LogP contribution in [0.2, 0.25) is 0 Å². The van der Waals surface area contributed by atoms with Crippen molar-refractivity contribution in [3.8, 4) is 0 Å². The summed E-state index contributed by atoms with van der Waals surface area (Å²) < 4.78 is 0. The van der Waals surface area contributed by atoms with E-state index in [1.807, 2.05) is 12.4 Å². The number of rotatable bonds is 8. The fraction of sp³-hybridized carbons (Fsp3) is 0.739. The van der Waals surface area contributed by atoms with Crippen molar-refractivity contribution < 1.29 is 4.79 Å². The zero-order valence-electron chi connectivity index (χ0n) is 16.8. The van der Waals surface area contributed by atoms with E-state index in [1.54, 1.807) is 0 Å². The highest BCUT2D eigenvalue weighted by Gasteiger charge is 2.51. The predicted octanol–water partition coefficient (Wildman–Crippen LogP) is 4.65. The third-order valence-corrected chi connectivity index (χ3v) is 7.14. The van der Waals surface area contributed by atoms with E-state index in [2.05, 4.69) is 34.3 Å². The number of urea groups is 1. The Bertz CT molecular complexity index is 594. The first kappa shape index (κ1) is 18.8. The number of hydrogen-bond acceptors (Lipinski definition) is 2. The molecular weight excluding hydrogens is 334 g/mol. The van der Waals surface area contributed by atoms with Crippen molar-refractivity contribution in [2.24, 2.45) is 23.2 Å². The SMILES string of the molecule is CCCN(CC12CC3CC(CC(C3)C1)C2)C(=O)NCCCc1ccncc1. The molecule has 0 atom stereocenters. The Labute approximate surface area is 164 Å². The number of aryl methyl sites for hydroxylation is 1. The molecule has 148 valence electrons. The Balaban J connectivity index is 1.29. The summed E-state index contributed by atoms with van der Waals surface area (Å²) in [6, 6.07) is 4.26. The van der Waals surface area contributed by atoms with E-state index in [9.17, 15) is 4.79 Å². The number of nitrogens with zero attached hydrogens (tertiary/aromatic N) is 2. The second kappa shape index (κ2) is 8.20. The summed E-state index contributed by atoms with van der Waals surface area (Å²) in [7, 11) is 0. The number of carbonyl (C=O) groups is 1. The lowest BCUT2D eigenvalue weighted by atomic mass is 9.49. The number of amides is 2. The predicted molar refractivity (Wildman–Crippen MR) is 108 cm³/mol. The minimum absolute atomic E-state index is 0.155. The van der Waals surface area contributed by atoms with Gasteiger partial charge in [0.1, 0.15) is 0 Å². The van der Waals surface area contributed by atoms with Crippen molar-refractivity contribution >= 4 is 6.03 Å². The zero-order valence-corrected chi connectivity index (χ0v) is 16.8. The molecule has 0 radical (unpaired) electrons. The summed E-state index contributed by atoms with van der Waals surface area (Å²) >= 11 is 0. The van der Waals surface area contributed by atoms with Crippen LogP contribution in [-0.2, 0) is 6.42 Å². The van der Waals surface area contributed by atoms with Gasteiger partial charge in [-0.1, -0.05) is 6.92 Å². The van der Waals surface area contributed by atoms with Gasteiger partial charge in [0, 0.05) is 32.0 Å². The Kier molecular flexibility index (Phi) is 5.70. The molecule has 5 rings (SSSR count). The molecule has 4 bridgehead atoms. The topological polar surface area (TPSA) is 45.2 Å². The van der Waals surface area contributed by atoms with Gasteiger partial charge in [-0.15, -0.1) is 0 Å². The van der Waals surface area contributed by atoms with Gasteiger partial charge in [0.15, 0.2) is 0 Å². The maximum Gasteiger partial charge on any atom is 0.317 e. The van der Waals surface area contributed by atoms with Crippen molar-refractivity contribution in [1.29, 1.82) is 0 Å². The number of carbonyl (C=O) groups excluding carboxylic acids is 1. The van der Waals surface area contributed by atoms with Crippen LogP contribution in [0.15, 0.2) is 24.5 Å². The minimum atomic E-state index is 0.155. The molecule has 4 saturated carbocycles. The van der Waals surface area contributed by atoms with Crippen LogP contribution < -0.4 is 5.32 Å². The van der Waals surface area contributed by atoms with E-state index in [-0.39, 0.29) is 6.03 Å². The Morgan fingerprint density at radius 2 is 1.78 bits per heavy atom. The fourth-order valence-electron chi connectivity index (χ4n) is 6.56. The Morgan fingerprint density at radius 1 is 1.15 bits per heavy atom. The smallest absolute Gasteiger partial charge is 0.317 e. The molecule has 0 aliphatic heterocycles. The molecule has 4 fully saturated rings. The van der Waals surface area contributed by atoms with Gasteiger partial charge in [-0.25, -0.2) is 4.79 Å². The number of nitrogens with one attached hydrogen (secondary N) is 1. The van der Waals surface area contributed by atoms with Gasteiger partial charge in [-0.3, -0.25) is 4.98 Å². The van der Waals surface area contributed by atoms with Crippen LogP contribution in [0.1, 0.15) is 63.9 Å². The van der Waals surface area contributed by atoms with Gasteiger partial charge in [-0.2, -0.15) is 0 Å². The average molecular weight is 370 g/mol. The van der Waals surface area contributed by atoms with Gasteiger partial charge in [0.2, 0.25) is 0 Å². The number of aromatic nitrogens is 1. The summed E-state index contributed by atoms with van der Waals surface area (Å²) in [5.74, 6) is 2.84. The van der Waals surface area contributed by atoms with Gasteiger partial charge in [0.25, 0.3) is 0 Å². The molecule has 27 heavy (non-hydrogen) atoms. The normalized spacial score (nSPS) is 31.1. The molecule has 1 aromatic heterocycles. The molecule has 4 nitrogen and oxygen atoms in total. The summed E-state index contributed by atoms with van der Waals surface area (Å²) in [6.07, 6.45) is 15.2. The lowest BCUT2D eigenvalue weighted by Gasteiger charge is -2.57. The Morgan fingerprint density at radius 3 is 2.37 bits per heavy atom. The van der Waals surface area contributed by atoms with Gasteiger partial charge < -0.3 is 10.2 Å². The maximum absolute atomic E-state index is 12.9. The zero-order chi connectivity index (χ0) is 18.7. The van der Waals surface area contributed by atoms with Crippen LogP contribution in [0, 0.1) is 23.2 Å². The summed E-state index contributed by atoms with van der Waals surface area (Å²) in [4.78, 5) is 19.1. The second-order valence-corrected chi connectivity index (χ2v) is 9.53. The molecular formula is C23H35N3O. The van der Waals surface area contributed by atoms with Crippen LogP contribution in [0.5, 0.6) is 0 Å². The largest absolute Gasteiger partial charge is 0.338 e. The van der Waals surface area contributed by atoms with Crippen LogP contribution in [0.4, 0.5) is 4.79 Å². The van der Waals surface area contributed by atoms with E-state index in [0.29, 0.717) is 5.41 Å². The van der Waals surface area contributed by atoms with E-state index >= 15 is 0 Å². The van der Waals surface area contributed by atoms with Crippen molar-refractivity contribution in [1.82, 2.24) is 15.2 Å². The number of pyridine rings is 1. The third kappa shape index (κ3) is 4.47. The minimum Gasteiger partial charge on any atom is -0.338 e. The van der Waals surface area contributed by atoms with E-state index in [4.69, 9.17) is 0 Å². The molecule has 1 heterocycles. The van der Waals surface area contributed by atoms with Crippen LogP contribution in [0.3, 0.4) is 0 Å². The maximum atomic E-state index is 12.9. The van der Waals surface area contributed by atoms with Gasteiger partial charge in [0.05, 0.1) is 0 Å². The van der Waals surface area contributed by atoms with Crippen molar-refractivity contribution in [2.45, 2.75) is 64.7 Å². The molecule has 4 heteroatoms. The third-order valence-electron chi connectivity index (χ3n) is 7.14. The van der Waals surface area contributed by atoms with Crippen LogP contribution in [0.25, 0.3) is 0 Å².